The summed E-state index contributed by atoms with van der Waals surface area (Å²) in [5.41, 5.74) is 8.44. The van der Waals surface area contributed by atoms with Crippen LogP contribution in [0.25, 0.3) is 0 Å². The Labute approximate surface area is 109 Å². The van der Waals surface area contributed by atoms with Crippen LogP contribution in [0, 0.1) is 0 Å². The minimum Gasteiger partial charge on any atom is -0.329 e. The maximum Gasteiger partial charge on any atom is 0.0233 e. The van der Waals surface area contributed by atoms with Crippen LogP contribution in [0.1, 0.15) is 11.1 Å². The average molecular weight is 240 g/mol. The summed E-state index contributed by atoms with van der Waals surface area (Å²) in [5.74, 6) is 0. The summed E-state index contributed by atoms with van der Waals surface area (Å²) >= 11 is 0. The van der Waals surface area contributed by atoms with Gasteiger partial charge < -0.3 is 11.1 Å². The van der Waals surface area contributed by atoms with Crippen LogP contribution >= 0.6 is 0 Å². The summed E-state index contributed by atoms with van der Waals surface area (Å²) in [6.45, 7) is 1.53. The predicted molar refractivity (Wildman–Crippen MR) is 76.3 cm³/mol. The van der Waals surface area contributed by atoms with Crippen LogP contribution in [-0.2, 0) is 13.0 Å². The van der Waals surface area contributed by atoms with Crippen LogP contribution in [0.15, 0.2) is 60.7 Å². The molecule has 0 fully saturated rings. The number of benzene rings is 2. The molecule has 0 aliphatic heterocycles. The van der Waals surface area contributed by atoms with Crippen LogP contribution in [0.4, 0.5) is 0 Å². The van der Waals surface area contributed by atoms with Crippen LogP contribution in [0.2, 0.25) is 0 Å². The molecule has 0 amide bonds. The third-order valence-electron chi connectivity index (χ3n) is 3.05. The lowest BCUT2D eigenvalue weighted by atomic mass is 10.1. The van der Waals surface area contributed by atoms with Gasteiger partial charge in [-0.05, 0) is 17.5 Å². The lowest BCUT2D eigenvalue weighted by Gasteiger charge is -2.17. The molecule has 1 unspecified atom stereocenters. The van der Waals surface area contributed by atoms with E-state index in [9.17, 15) is 0 Å². The molecule has 18 heavy (non-hydrogen) atoms. The van der Waals surface area contributed by atoms with Gasteiger partial charge in [-0.1, -0.05) is 60.7 Å². The van der Waals surface area contributed by atoms with Gasteiger partial charge in [-0.15, -0.1) is 0 Å². The third kappa shape index (κ3) is 3.99. The zero-order valence-corrected chi connectivity index (χ0v) is 10.5. The van der Waals surface area contributed by atoms with E-state index in [1.807, 2.05) is 12.1 Å². The fourth-order valence-corrected chi connectivity index (χ4v) is 2.00. The molecule has 0 heterocycles. The van der Waals surface area contributed by atoms with Crippen molar-refractivity contribution in [1.29, 1.82) is 0 Å². The van der Waals surface area contributed by atoms with Crippen LogP contribution < -0.4 is 11.1 Å². The molecule has 0 bridgehead atoms. The summed E-state index contributed by atoms with van der Waals surface area (Å²) in [6.07, 6.45) is 0.976. The highest BCUT2D eigenvalue weighted by molar-refractivity contribution is 5.17. The molecular formula is C16H20N2. The molecule has 2 aromatic rings. The minimum absolute atomic E-state index is 0.326. The second-order valence-corrected chi connectivity index (χ2v) is 4.49. The van der Waals surface area contributed by atoms with Gasteiger partial charge >= 0.3 is 0 Å². The Morgan fingerprint density at radius 1 is 0.833 bits per heavy atom. The minimum atomic E-state index is 0.326. The first kappa shape index (κ1) is 12.8. The molecule has 0 saturated carbocycles. The largest absolute Gasteiger partial charge is 0.329 e. The number of rotatable bonds is 6. The Hall–Kier alpha value is -1.64. The molecule has 2 heteroatoms. The molecule has 2 aromatic carbocycles. The summed E-state index contributed by atoms with van der Waals surface area (Å²) in [4.78, 5) is 0. The van der Waals surface area contributed by atoms with Gasteiger partial charge in [-0.3, -0.25) is 0 Å². The van der Waals surface area contributed by atoms with Gasteiger partial charge in [-0.25, -0.2) is 0 Å². The zero-order chi connectivity index (χ0) is 12.6. The van der Waals surface area contributed by atoms with E-state index in [0.717, 1.165) is 13.0 Å². The summed E-state index contributed by atoms with van der Waals surface area (Å²) in [6, 6.07) is 21.2. The summed E-state index contributed by atoms with van der Waals surface area (Å²) in [5, 5.41) is 3.51. The molecule has 0 radical (unpaired) electrons. The van der Waals surface area contributed by atoms with Gasteiger partial charge in [-0.2, -0.15) is 0 Å². The summed E-state index contributed by atoms with van der Waals surface area (Å²) in [7, 11) is 0. The van der Waals surface area contributed by atoms with Crippen molar-refractivity contribution in [3.8, 4) is 0 Å². The average Bonchev–Trinajstić information content (AvgIpc) is 2.45. The van der Waals surface area contributed by atoms with Crippen molar-refractivity contribution in [2.45, 2.75) is 19.0 Å². The lowest BCUT2D eigenvalue weighted by Crippen LogP contribution is -2.37. The van der Waals surface area contributed by atoms with Crippen molar-refractivity contribution in [1.82, 2.24) is 5.32 Å². The standard InChI is InChI=1S/C16H20N2/c17-12-16(11-14-7-3-1-4-8-14)18-13-15-9-5-2-6-10-15/h1-10,16,18H,11-13,17H2. The number of hydrogen-bond acceptors (Lipinski definition) is 2. The first-order valence-corrected chi connectivity index (χ1v) is 6.40. The fraction of sp³-hybridized carbons (Fsp3) is 0.250. The van der Waals surface area contributed by atoms with E-state index >= 15 is 0 Å². The molecule has 0 aliphatic rings. The van der Waals surface area contributed by atoms with Gasteiger partial charge in [0.2, 0.25) is 0 Å². The number of hydrogen-bond donors (Lipinski definition) is 2. The molecule has 0 aromatic heterocycles. The normalized spacial score (nSPS) is 12.3. The highest BCUT2D eigenvalue weighted by atomic mass is 14.9. The van der Waals surface area contributed by atoms with E-state index in [4.69, 9.17) is 5.73 Å². The van der Waals surface area contributed by atoms with E-state index in [1.165, 1.54) is 11.1 Å². The van der Waals surface area contributed by atoms with Crippen LogP contribution in [0.5, 0.6) is 0 Å². The van der Waals surface area contributed by atoms with Crippen molar-refractivity contribution in [2.75, 3.05) is 6.54 Å². The molecule has 0 aliphatic carbocycles. The van der Waals surface area contributed by atoms with Crippen molar-refractivity contribution in [3.05, 3.63) is 71.8 Å². The Balaban J connectivity index is 1.86. The molecule has 0 saturated heterocycles. The highest BCUT2D eigenvalue weighted by Gasteiger charge is 2.06. The van der Waals surface area contributed by atoms with Crippen molar-refractivity contribution >= 4 is 0 Å². The molecule has 2 nitrogen and oxygen atoms in total. The quantitative estimate of drug-likeness (QED) is 0.813. The fourth-order valence-electron chi connectivity index (χ4n) is 2.00. The van der Waals surface area contributed by atoms with Gasteiger partial charge in [0, 0.05) is 19.1 Å². The van der Waals surface area contributed by atoms with Crippen LogP contribution in [0.3, 0.4) is 0 Å². The monoisotopic (exact) mass is 240 g/mol. The molecule has 3 N–H and O–H groups in total. The van der Waals surface area contributed by atoms with E-state index in [0.29, 0.717) is 12.6 Å². The van der Waals surface area contributed by atoms with Gasteiger partial charge in [0.1, 0.15) is 0 Å². The first-order chi connectivity index (χ1) is 8.88. The molecular weight excluding hydrogens is 220 g/mol. The predicted octanol–water partition coefficient (Wildman–Crippen LogP) is 2.35. The topological polar surface area (TPSA) is 38.0 Å². The maximum absolute atomic E-state index is 5.82. The van der Waals surface area contributed by atoms with E-state index < -0.39 is 0 Å². The second-order valence-electron chi connectivity index (χ2n) is 4.49. The van der Waals surface area contributed by atoms with E-state index in [-0.39, 0.29) is 0 Å². The molecule has 2 rings (SSSR count). The Bertz CT molecular complexity index is 439. The maximum atomic E-state index is 5.82. The highest BCUT2D eigenvalue weighted by Crippen LogP contribution is 2.04. The third-order valence-corrected chi connectivity index (χ3v) is 3.05. The Kier molecular flexibility index (Phi) is 4.94. The van der Waals surface area contributed by atoms with Crippen molar-refractivity contribution in [3.63, 3.8) is 0 Å². The van der Waals surface area contributed by atoms with Crippen molar-refractivity contribution in [2.24, 2.45) is 5.73 Å². The Morgan fingerprint density at radius 3 is 1.94 bits per heavy atom. The number of nitrogens with two attached hydrogens (primary N) is 1. The Morgan fingerprint density at radius 2 is 1.39 bits per heavy atom. The van der Waals surface area contributed by atoms with Gasteiger partial charge in [0.05, 0.1) is 0 Å². The van der Waals surface area contributed by atoms with Gasteiger partial charge in [0.15, 0.2) is 0 Å². The SMILES string of the molecule is NCC(Cc1ccccc1)NCc1ccccc1. The number of nitrogens with one attached hydrogen (secondary N) is 1. The lowest BCUT2D eigenvalue weighted by molar-refractivity contribution is 0.515. The molecule has 1 atom stereocenters. The summed E-state index contributed by atoms with van der Waals surface area (Å²) < 4.78 is 0. The van der Waals surface area contributed by atoms with Gasteiger partial charge in [0.25, 0.3) is 0 Å². The molecule has 94 valence electrons. The first-order valence-electron chi connectivity index (χ1n) is 6.40. The van der Waals surface area contributed by atoms with E-state index in [2.05, 4.69) is 53.8 Å². The van der Waals surface area contributed by atoms with E-state index in [1.54, 1.807) is 0 Å². The van der Waals surface area contributed by atoms with Crippen LogP contribution in [-0.4, -0.2) is 12.6 Å². The second kappa shape index (κ2) is 6.94. The smallest absolute Gasteiger partial charge is 0.0233 e. The van der Waals surface area contributed by atoms with Crippen molar-refractivity contribution < 1.29 is 0 Å². The zero-order valence-electron chi connectivity index (χ0n) is 10.5. The molecule has 0 spiro atoms.